The maximum absolute atomic E-state index is 5.40. The van der Waals surface area contributed by atoms with Crippen LogP contribution in [-0.2, 0) is 0 Å². The van der Waals surface area contributed by atoms with Crippen LogP contribution in [0.1, 0.15) is 45.7 Å². The molecule has 0 radical (unpaired) electrons. The van der Waals surface area contributed by atoms with Crippen molar-refractivity contribution in [3.63, 3.8) is 0 Å². The molecule has 1 N–H and O–H groups in total. The van der Waals surface area contributed by atoms with Crippen molar-refractivity contribution in [2.45, 2.75) is 40.2 Å². The second-order valence-electron chi connectivity index (χ2n) is 6.10. The van der Waals surface area contributed by atoms with Crippen molar-refractivity contribution in [1.82, 2.24) is 5.32 Å². The summed E-state index contributed by atoms with van der Waals surface area (Å²) >= 11 is 0. The van der Waals surface area contributed by atoms with Gasteiger partial charge in [0.2, 0.25) is 6.79 Å². The van der Waals surface area contributed by atoms with Crippen LogP contribution in [-0.4, -0.2) is 13.3 Å². The molecule has 0 spiro atoms. The molecule has 2 rings (SSSR count). The number of nitrogens with one attached hydrogen (secondary N) is 1. The van der Waals surface area contributed by atoms with Gasteiger partial charge in [-0.05, 0) is 43.0 Å². The summed E-state index contributed by atoms with van der Waals surface area (Å²) in [5.41, 5.74) is 1.62. The quantitative estimate of drug-likeness (QED) is 0.886. The minimum absolute atomic E-state index is 0.335. The molecule has 1 aliphatic rings. The van der Waals surface area contributed by atoms with E-state index >= 15 is 0 Å². The lowest BCUT2D eigenvalue weighted by Crippen LogP contribution is -2.23. The molecule has 1 aliphatic heterocycles. The summed E-state index contributed by atoms with van der Waals surface area (Å²) in [5.74, 6) is 1.71. The summed E-state index contributed by atoms with van der Waals surface area (Å²) < 4.78 is 10.7. The van der Waals surface area contributed by atoms with Gasteiger partial charge in [0.1, 0.15) is 0 Å². The van der Waals surface area contributed by atoms with Gasteiger partial charge in [-0.3, -0.25) is 0 Å². The first-order chi connectivity index (χ1) is 8.46. The smallest absolute Gasteiger partial charge is 0.231 e. The first-order valence-electron chi connectivity index (χ1n) is 6.59. The van der Waals surface area contributed by atoms with E-state index in [-0.39, 0.29) is 0 Å². The van der Waals surface area contributed by atoms with Crippen LogP contribution in [0, 0.1) is 5.41 Å². The van der Waals surface area contributed by atoms with Crippen LogP contribution in [0.2, 0.25) is 0 Å². The maximum Gasteiger partial charge on any atom is 0.231 e. The Labute approximate surface area is 109 Å². The van der Waals surface area contributed by atoms with Crippen molar-refractivity contribution in [2.24, 2.45) is 5.41 Å². The molecule has 0 aromatic heterocycles. The molecule has 0 amide bonds. The van der Waals surface area contributed by atoms with Crippen molar-refractivity contribution in [1.29, 1.82) is 0 Å². The molecule has 0 bridgehead atoms. The van der Waals surface area contributed by atoms with Crippen LogP contribution >= 0.6 is 0 Å². The Kier molecular flexibility index (Phi) is 3.81. The van der Waals surface area contributed by atoms with Gasteiger partial charge in [0.15, 0.2) is 11.5 Å². The molecular weight excluding hydrogens is 226 g/mol. The van der Waals surface area contributed by atoms with Gasteiger partial charge in [0.25, 0.3) is 0 Å². The van der Waals surface area contributed by atoms with E-state index in [2.05, 4.69) is 45.1 Å². The summed E-state index contributed by atoms with van der Waals surface area (Å²) in [6.07, 6.45) is 1.17. The lowest BCUT2D eigenvalue weighted by molar-refractivity contribution is 0.174. The first kappa shape index (κ1) is 13.2. The minimum atomic E-state index is 0.335. The SMILES string of the molecule is CC(NCCC(C)(C)C)c1ccc2c(c1)OCO2. The number of rotatable bonds is 4. The summed E-state index contributed by atoms with van der Waals surface area (Å²) in [4.78, 5) is 0. The van der Waals surface area contributed by atoms with Gasteiger partial charge in [-0.1, -0.05) is 26.8 Å². The Morgan fingerprint density at radius 2 is 1.94 bits per heavy atom. The van der Waals surface area contributed by atoms with Crippen molar-refractivity contribution < 1.29 is 9.47 Å². The second-order valence-corrected chi connectivity index (χ2v) is 6.10. The predicted octanol–water partition coefficient (Wildman–Crippen LogP) is 3.50. The lowest BCUT2D eigenvalue weighted by atomic mass is 9.92. The Bertz CT molecular complexity index is 409. The molecule has 1 atom stereocenters. The topological polar surface area (TPSA) is 30.5 Å². The fraction of sp³-hybridized carbons (Fsp3) is 0.600. The van der Waals surface area contributed by atoms with Gasteiger partial charge < -0.3 is 14.8 Å². The predicted molar refractivity (Wildman–Crippen MR) is 73.1 cm³/mol. The third-order valence-electron chi connectivity index (χ3n) is 3.22. The van der Waals surface area contributed by atoms with E-state index in [1.807, 2.05) is 6.07 Å². The molecule has 0 fully saturated rings. The highest BCUT2D eigenvalue weighted by Gasteiger charge is 2.16. The highest BCUT2D eigenvalue weighted by Crippen LogP contribution is 2.34. The van der Waals surface area contributed by atoms with E-state index in [1.165, 1.54) is 12.0 Å². The lowest BCUT2D eigenvalue weighted by Gasteiger charge is -2.21. The van der Waals surface area contributed by atoms with E-state index in [4.69, 9.17) is 9.47 Å². The molecule has 1 heterocycles. The molecule has 1 aromatic rings. The number of fused-ring (bicyclic) bond motifs is 1. The van der Waals surface area contributed by atoms with E-state index in [0.29, 0.717) is 18.2 Å². The summed E-state index contributed by atoms with van der Waals surface area (Å²) in [7, 11) is 0. The second kappa shape index (κ2) is 5.19. The van der Waals surface area contributed by atoms with Crippen molar-refractivity contribution >= 4 is 0 Å². The molecule has 0 aliphatic carbocycles. The van der Waals surface area contributed by atoms with E-state index in [1.54, 1.807) is 0 Å². The van der Waals surface area contributed by atoms with E-state index < -0.39 is 0 Å². The summed E-state index contributed by atoms with van der Waals surface area (Å²) in [6, 6.07) is 6.49. The van der Waals surface area contributed by atoms with Gasteiger partial charge >= 0.3 is 0 Å². The fourth-order valence-corrected chi connectivity index (χ4v) is 1.96. The zero-order valence-corrected chi connectivity index (χ0v) is 11.7. The average molecular weight is 249 g/mol. The molecule has 3 heteroatoms. The van der Waals surface area contributed by atoms with Crippen LogP contribution < -0.4 is 14.8 Å². The Hall–Kier alpha value is -1.22. The van der Waals surface area contributed by atoms with Crippen molar-refractivity contribution in [3.8, 4) is 11.5 Å². The molecule has 0 saturated heterocycles. The monoisotopic (exact) mass is 249 g/mol. The highest BCUT2D eigenvalue weighted by atomic mass is 16.7. The van der Waals surface area contributed by atoms with Gasteiger partial charge in [-0.15, -0.1) is 0 Å². The standard InChI is InChI=1S/C15H23NO2/c1-11(16-8-7-15(2,3)4)12-5-6-13-14(9-12)18-10-17-13/h5-6,9,11,16H,7-8,10H2,1-4H3. The molecule has 18 heavy (non-hydrogen) atoms. The maximum atomic E-state index is 5.40. The van der Waals surface area contributed by atoms with Gasteiger partial charge in [-0.2, -0.15) is 0 Å². The first-order valence-corrected chi connectivity index (χ1v) is 6.59. The number of benzene rings is 1. The molecule has 1 unspecified atom stereocenters. The van der Waals surface area contributed by atoms with Gasteiger partial charge in [0.05, 0.1) is 0 Å². The molecule has 100 valence electrons. The molecular formula is C15H23NO2. The van der Waals surface area contributed by atoms with Crippen LogP contribution in [0.15, 0.2) is 18.2 Å². The highest BCUT2D eigenvalue weighted by molar-refractivity contribution is 5.45. The van der Waals surface area contributed by atoms with Crippen molar-refractivity contribution in [3.05, 3.63) is 23.8 Å². The number of hydrogen-bond acceptors (Lipinski definition) is 3. The summed E-state index contributed by atoms with van der Waals surface area (Å²) in [6.45, 7) is 10.3. The minimum Gasteiger partial charge on any atom is -0.454 e. The van der Waals surface area contributed by atoms with Crippen LogP contribution in [0.5, 0.6) is 11.5 Å². The van der Waals surface area contributed by atoms with E-state index in [9.17, 15) is 0 Å². The normalized spacial score (nSPS) is 15.8. The largest absolute Gasteiger partial charge is 0.454 e. The van der Waals surface area contributed by atoms with Crippen LogP contribution in [0.3, 0.4) is 0 Å². The zero-order valence-electron chi connectivity index (χ0n) is 11.7. The molecule has 1 aromatic carbocycles. The fourth-order valence-electron chi connectivity index (χ4n) is 1.96. The average Bonchev–Trinajstić information content (AvgIpc) is 2.73. The van der Waals surface area contributed by atoms with Crippen molar-refractivity contribution in [2.75, 3.05) is 13.3 Å². The van der Waals surface area contributed by atoms with Crippen LogP contribution in [0.4, 0.5) is 0 Å². The Morgan fingerprint density at radius 3 is 2.67 bits per heavy atom. The molecule has 3 nitrogen and oxygen atoms in total. The van der Waals surface area contributed by atoms with Gasteiger partial charge in [0, 0.05) is 6.04 Å². The zero-order chi connectivity index (χ0) is 13.2. The summed E-state index contributed by atoms with van der Waals surface area (Å²) in [5, 5.41) is 3.55. The number of ether oxygens (including phenoxy) is 2. The molecule has 0 saturated carbocycles. The number of hydrogen-bond donors (Lipinski definition) is 1. The third kappa shape index (κ3) is 3.39. The van der Waals surface area contributed by atoms with E-state index in [0.717, 1.165) is 18.0 Å². The van der Waals surface area contributed by atoms with Crippen LogP contribution in [0.25, 0.3) is 0 Å². The Morgan fingerprint density at radius 1 is 1.22 bits per heavy atom. The van der Waals surface area contributed by atoms with Gasteiger partial charge in [-0.25, -0.2) is 0 Å². The third-order valence-corrected chi connectivity index (χ3v) is 3.22. The Balaban J connectivity index is 1.91.